The Morgan fingerprint density at radius 3 is 2.29 bits per heavy atom. The fourth-order valence-electron chi connectivity index (χ4n) is 4.80. The number of sulfonamides is 1. The minimum atomic E-state index is -3.59. The Kier molecular flexibility index (Phi) is 12.0. The highest BCUT2D eigenvalue weighted by Crippen LogP contribution is 2.25. The Morgan fingerprint density at radius 1 is 0.952 bits per heavy atom. The standard InChI is InChI=1S/C33H42ClN3O4S/c1-6-26(4)35-33(39)31(22-27-12-8-7-9-13-27)36(23-28-14-10-15-29(34)21-28)32(38)16-11-19-37(42(5,40)41)30-20-24(2)17-18-25(30)3/h7-10,12-15,17-18,20-21,26,31H,6,11,16,19,22-23H2,1-5H3,(H,35,39)/t26-,31+/m0/s1. The van der Waals surface area contributed by atoms with Crippen LogP contribution in [-0.2, 0) is 32.6 Å². The number of rotatable bonds is 14. The maximum Gasteiger partial charge on any atom is 0.243 e. The van der Waals surface area contributed by atoms with E-state index in [1.807, 2.05) is 88.4 Å². The monoisotopic (exact) mass is 611 g/mol. The van der Waals surface area contributed by atoms with Gasteiger partial charge in [-0.15, -0.1) is 0 Å². The molecule has 7 nitrogen and oxygen atoms in total. The first-order chi connectivity index (χ1) is 19.9. The third-order valence-electron chi connectivity index (χ3n) is 7.30. The number of carbonyl (C=O) groups is 2. The largest absolute Gasteiger partial charge is 0.352 e. The van der Waals surface area contributed by atoms with Gasteiger partial charge in [0.25, 0.3) is 0 Å². The van der Waals surface area contributed by atoms with Crippen LogP contribution in [0.2, 0.25) is 5.02 Å². The van der Waals surface area contributed by atoms with Gasteiger partial charge in [-0.05, 0) is 74.1 Å². The van der Waals surface area contributed by atoms with Crippen LogP contribution in [0.3, 0.4) is 0 Å². The highest BCUT2D eigenvalue weighted by Gasteiger charge is 2.31. The van der Waals surface area contributed by atoms with Gasteiger partial charge in [-0.1, -0.05) is 73.1 Å². The Hall–Kier alpha value is -3.36. The molecule has 0 aliphatic rings. The first kappa shape index (κ1) is 33.1. The van der Waals surface area contributed by atoms with Gasteiger partial charge in [0.05, 0.1) is 11.9 Å². The molecule has 0 radical (unpaired) electrons. The summed E-state index contributed by atoms with van der Waals surface area (Å²) in [6.45, 7) is 8.05. The Bertz CT molecular complexity index is 1460. The van der Waals surface area contributed by atoms with Crippen molar-refractivity contribution < 1.29 is 18.0 Å². The first-order valence-electron chi connectivity index (χ1n) is 14.3. The topological polar surface area (TPSA) is 86.8 Å². The molecule has 3 rings (SSSR count). The molecule has 2 amide bonds. The Morgan fingerprint density at radius 2 is 1.64 bits per heavy atom. The van der Waals surface area contributed by atoms with Gasteiger partial charge in [0.1, 0.15) is 6.04 Å². The smallest absolute Gasteiger partial charge is 0.243 e. The molecule has 0 saturated heterocycles. The number of hydrogen-bond acceptors (Lipinski definition) is 4. The minimum absolute atomic E-state index is 0.0558. The zero-order valence-corrected chi connectivity index (χ0v) is 26.7. The Balaban J connectivity index is 1.91. The molecule has 1 N–H and O–H groups in total. The second-order valence-corrected chi connectivity index (χ2v) is 13.2. The SMILES string of the molecule is CC[C@H](C)NC(=O)[C@@H](Cc1ccccc1)N(Cc1cccc(Cl)c1)C(=O)CCCN(c1cc(C)ccc1C)S(C)(=O)=O. The van der Waals surface area contributed by atoms with Crippen LogP contribution in [0, 0.1) is 13.8 Å². The number of anilines is 1. The average molecular weight is 612 g/mol. The molecule has 0 spiro atoms. The van der Waals surface area contributed by atoms with Crippen LogP contribution < -0.4 is 9.62 Å². The Labute approximate surface area is 255 Å². The maximum atomic E-state index is 14.0. The molecular formula is C33H42ClN3O4S. The summed E-state index contributed by atoms with van der Waals surface area (Å²) < 4.78 is 26.9. The molecule has 0 aromatic heterocycles. The quantitative estimate of drug-likeness (QED) is 0.240. The van der Waals surface area contributed by atoms with Crippen LogP contribution in [0.1, 0.15) is 55.4 Å². The zero-order chi connectivity index (χ0) is 30.9. The van der Waals surface area contributed by atoms with Crippen LogP contribution in [0.5, 0.6) is 0 Å². The second-order valence-electron chi connectivity index (χ2n) is 10.9. The molecule has 226 valence electrons. The van der Waals surface area contributed by atoms with Crippen LogP contribution in [0.15, 0.2) is 72.8 Å². The molecule has 2 atom stereocenters. The highest BCUT2D eigenvalue weighted by atomic mass is 35.5. The number of carbonyl (C=O) groups excluding carboxylic acids is 2. The summed E-state index contributed by atoms with van der Waals surface area (Å²) in [6.07, 6.45) is 2.63. The van der Waals surface area contributed by atoms with E-state index in [4.69, 9.17) is 11.6 Å². The molecule has 9 heteroatoms. The van der Waals surface area contributed by atoms with E-state index < -0.39 is 16.1 Å². The molecule has 3 aromatic carbocycles. The number of halogens is 1. The van der Waals surface area contributed by atoms with Gasteiger partial charge in [0, 0.05) is 37.0 Å². The van der Waals surface area contributed by atoms with Gasteiger partial charge in [0.2, 0.25) is 21.8 Å². The number of amides is 2. The van der Waals surface area contributed by atoms with Crippen molar-refractivity contribution in [2.75, 3.05) is 17.1 Å². The molecule has 0 heterocycles. The lowest BCUT2D eigenvalue weighted by molar-refractivity contribution is -0.141. The fourth-order valence-corrected chi connectivity index (χ4v) is 6.03. The minimum Gasteiger partial charge on any atom is -0.352 e. The van der Waals surface area contributed by atoms with Crippen LogP contribution in [0.4, 0.5) is 5.69 Å². The van der Waals surface area contributed by atoms with Crippen molar-refractivity contribution in [3.63, 3.8) is 0 Å². The van der Waals surface area contributed by atoms with Gasteiger partial charge >= 0.3 is 0 Å². The van der Waals surface area contributed by atoms with Crippen molar-refractivity contribution in [2.24, 2.45) is 0 Å². The summed E-state index contributed by atoms with van der Waals surface area (Å²) in [4.78, 5) is 29.2. The lowest BCUT2D eigenvalue weighted by atomic mass is 10.0. The molecule has 3 aromatic rings. The van der Waals surface area contributed by atoms with Crippen LogP contribution in [-0.4, -0.2) is 50.0 Å². The molecule has 0 unspecified atom stereocenters. The van der Waals surface area contributed by atoms with E-state index in [-0.39, 0.29) is 43.8 Å². The summed E-state index contributed by atoms with van der Waals surface area (Å²) in [7, 11) is -3.59. The van der Waals surface area contributed by atoms with E-state index in [1.165, 1.54) is 10.6 Å². The normalized spacial score (nSPS) is 12.8. The van der Waals surface area contributed by atoms with E-state index in [0.717, 1.165) is 28.7 Å². The third kappa shape index (κ3) is 9.60. The second kappa shape index (κ2) is 15.2. The third-order valence-corrected chi connectivity index (χ3v) is 8.71. The number of hydrogen-bond donors (Lipinski definition) is 1. The summed E-state index contributed by atoms with van der Waals surface area (Å²) in [5, 5.41) is 3.61. The van der Waals surface area contributed by atoms with Crippen molar-refractivity contribution in [1.82, 2.24) is 10.2 Å². The van der Waals surface area contributed by atoms with E-state index in [0.29, 0.717) is 17.1 Å². The van der Waals surface area contributed by atoms with E-state index >= 15 is 0 Å². The summed E-state index contributed by atoms with van der Waals surface area (Å²) in [5.41, 5.74) is 4.13. The molecule has 42 heavy (non-hydrogen) atoms. The molecule has 0 fully saturated rings. The number of benzene rings is 3. The molecule has 0 aliphatic carbocycles. The molecule has 0 bridgehead atoms. The molecular weight excluding hydrogens is 570 g/mol. The number of nitrogens with one attached hydrogen (secondary N) is 1. The van der Waals surface area contributed by atoms with Crippen molar-refractivity contribution in [2.45, 2.75) is 72.0 Å². The van der Waals surface area contributed by atoms with Gasteiger partial charge in [-0.25, -0.2) is 8.42 Å². The van der Waals surface area contributed by atoms with Crippen LogP contribution in [0.25, 0.3) is 0 Å². The lowest BCUT2D eigenvalue weighted by Gasteiger charge is -2.33. The maximum absolute atomic E-state index is 14.0. The van der Waals surface area contributed by atoms with E-state index in [9.17, 15) is 18.0 Å². The number of nitrogens with zero attached hydrogens (tertiary/aromatic N) is 2. The van der Waals surface area contributed by atoms with Crippen molar-refractivity contribution in [3.8, 4) is 0 Å². The van der Waals surface area contributed by atoms with E-state index in [2.05, 4.69) is 5.32 Å². The first-order valence-corrected chi connectivity index (χ1v) is 16.5. The van der Waals surface area contributed by atoms with Crippen LogP contribution >= 0.6 is 11.6 Å². The van der Waals surface area contributed by atoms with Gasteiger partial charge in [0.15, 0.2) is 0 Å². The van der Waals surface area contributed by atoms with Crippen molar-refractivity contribution in [1.29, 1.82) is 0 Å². The molecule has 0 aliphatic heterocycles. The predicted octanol–water partition coefficient (Wildman–Crippen LogP) is 6.06. The van der Waals surface area contributed by atoms with E-state index in [1.54, 1.807) is 17.0 Å². The highest BCUT2D eigenvalue weighted by molar-refractivity contribution is 7.92. The van der Waals surface area contributed by atoms with Crippen molar-refractivity contribution >= 4 is 39.1 Å². The lowest BCUT2D eigenvalue weighted by Crippen LogP contribution is -2.52. The fraction of sp³-hybridized carbons (Fsp3) is 0.394. The predicted molar refractivity (Wildman–Crippen MR) is 171 cm³/mol. The average Bonchev–Trinajstić information content (AvgIpc) is 2.94. The summed E-state index contributed by atoms with van der Waals surface area (Å²) in [6, 6.07) is 21.7. The van der Waals surface area contributed by atoms with Gasteiger partial charge in [-0.2, -0.15) is 0 Å². The van der Waals surface area contributed by atoms with Gasteiger partial charge in [-0.3, -0.25) is 13.9 Å². The number of aryl methyl sites for hydroxylation is 2. The van der Waals surface area contributed by atoms with Crippen molar-refractivity contribution in [3.05, 3.63) is 100 Å². The molecule has 0 saturated carbocycles. The van der Waals surface area contributed by atoms with Gasteiger partial charge < -0.3 is 10.2 Å². The zero-order valence-electron chi connectivity index (χ0n) is 25.1. The summed E-state index contributed by atoms with van der Waals surface area (Å²) >= 11 is 6.27. The summed E-state index contributed by atoms with van der Waals surface area (Å²) in [5.74, 6) is -0.457.